The van der Waals surface area contributed by atoms with E-state index in [2.05, 4.69) is 26.6 Å². The van der Waals surface area contributed by atoms with Crippen molar-refractivity contribution in [2.45, 2.75) is 52.0 Å². The van der Waals surface area contributed by atoms with Gasteiger partial charge in [0.15, 0.2) is 29.1 Å². The number of ether oxygens (including phenoxy) is 3. The summed E-state index contributed by atoms with van der Waals surface area (Å²) in [4.78, 5) is 101. The Labute approximate surface area is 386 Å². The van der Waals surface area contributed by atoms with Gasteiger partial charge in [-0.05, 0) is 113 Å². The number of primary amides is 1. The van der Waals surface area contributed by atoms with Gasteiger partial charge in [0, 0.05) is 47.3 Å². The van der Waals surface area contributed by atoms with Gasteiger partial charge in [-0.15, -0.1) is 0 Å². The van der Waals surface area contributed by atoms with E-state index in [1.807, 2.05) is 0 Å². The van der Waals surface area contributed by atoms with E-state index in [1.165, 1.54) is 91.0 Å². The smallest absolute Gasteiger partial charge is 0.339 e. The van der Waals surface area contributed by atoms with Crippen molar-refractivity contribution in [3.8, 4) is 23.0 Å². The molecule has 0 aromatic heterocycles. The summed E-state index contributed by atoms with van der Waals surface area (Å²) >= 11 is 0. The molecule has 5 aromatic carbocycles. The van der Waals surface area contributed by atoms with E-state index in [1.54, 1.807) is 27.7 Å². The van der Waals surface area contributed by atoms with Crippen LogP contribution in [0.3, 0.4) is 0 Å². The average Bonchev–Trinajstić information content (AvgIpc) is 3.28. The first-order valence-corrected chi connectivity index (χ1v) is 20.3. The topological polar surface area (TPSA) is 337 Å². The van der Waals surface area contributed by atoms with E-state index in [9.17, 15) is 59.0 Å². The third-order valence-corrected chi connectivity index (χ3v) is 9.51. The number of benzene rings is 5. The molecule has 0 radical (unpaired) electrons. The van der Waals surface area contributed by atoms with E-state index >= 15 is 0 Å². The van der Waals surface area contributed by atoms with Crippen LogP contribution in [0.15, 0.2) is 97.1 Å². The highest BCUT2D eigenvalue weighted by atomic mass is 16.6. The van der Waals surface area contributed by atoms with Crippen molar-refractivity contribution in [2.75, 3.05) is 28.4 Å². The van der Waals surface area contributed by atoms with Gasteiger partial charge in [-0.3, -0.25) is 38.9 Å². The van der Waals surface area contributed by atoms with Crippen LogP contribution in [0.5, 0.6) is 23.0 Å². The summed E-state index contributed by atoms with van der Waals surface area (Å²) < 4.78 is 16.5. The number of non-ortho nitro benzene ring substituents is 1. The van der Waals surface area contributed by atoms with Gasteiger partial charge < -0.3 is 61.8 Å². The van der Waals surface area contributed by atoms with Crippen molar-refractivity contribution in [1.29, 1.82) is 0 Å². The monoisotopic (exact) mass is 935 g/mol. The number of carboxylic acids is 1. The number of nitrogens with zero attached hydrogens (tertiary/aromatic N) is 1. The zero-order chi connectivity index (χ0) is 50.0. The number of methoxy groups -OCH3 is 1. The number of rotatable bonds is 19. The van der Waals surface area contributed by atoms with Gasteiger partial charge in [0.1, 0.15) is 11.6 Å². The highest BCUT2D eigenvalue weighted by Gasteiger charge is 2.35. The van der Waals surface area contributed by atoms with Crippen LogP contribution in [-0.2, 0) is 14.3 Å². The largest absolute Gasteiger partial charge is 0.504 e. The molecule has 0 bridgehead atoms. The summed E-state index contributed by atoms with van der Waals surface area (Å²) in [5.74, 6) is -8.45. The van der Waals surface area contributed by atoms with E-state index in [4.69, 9.17) is 19.9 Å². The molecule has 0 aliphatic carbocycles. The molecule has 0 fully saturated rings. The van der Waals surface area contributed by atoms with Gasteiger partial charge in [-0.2, -0.15) is 0 Å². The summed E-state index contributed by atoms with van der Waals surface area (Å²) in [6.07, 6.45) is -2.75. The Kier molecular flexibility index (Phi) is 16.0. The maximum absolute atomic E-state index is 13.6. The van der Waals surface area contributed by atoms with E-state index < -0.39 is 87.8 Å². The number of nitrogens with two attached hydrogens (primary N) is 1. The molecule has 5 aromatic rings. The Balaban J connectivity index is 1.28. The lowest BCUT2D eigenvalue weighted by Gasteiger charge is -2.24. The molecule has 5 rings (SSSR count). The highest BCUT2D eigenvalue weighted by molar-refractivity contribution is 6.11. The van der Waals surface area contributed by atoms with Crippen LogP contribution in [0, 0.1) is 10.1 Å². The zero-order valence-electron chi connectivity index (χ0n) is 36.8. The maximum Gasteiger partial charge on any atom is 0.339 e. The number of hydrogen-bond acceptors (Lipinski definition) is 14. The number of amides is 6. The minimum Gasteiger partial charge on any atom is -0.504 e. The summed E-state index contributed by atoms with van der Waals surface area (Å²) in [5.41, 5.74) is 4.95. The number of carbonyl (C=O) groups is 7. The van der Waals surface area contributed by atoms with Crippen LogP contribution in [0.4, 0.5) is 28.4 Å². The first kappa shape index (κ1) is 50.0. The van der Waals surface area contributed by atoms with Gasteiger partial charge in [-0.1, -0.05) is 0 Å². The molecular weight excluding hydrogens is 891 g/mol. The van der Waals surface area contributed by atoms with Crippen LogP contribution in [0.2, 0.25) is 0 Å². The first-order valence-electron chi connectivity index (χ1n) is 20.3. The predicted octanol–water partition coefficient (Wildman–Crippen LogP) is 5.27. The molecule has 354 valence electrons. The second-order valence-electron chi connectivity index (χ2n) is 15.1. The Bertz CT molecular complexity index is 2760. The highest BCUT2D eigenvalue weighted by Crippen LogP contribution is 2.41. The molecular formula is C46H45N7O15. The molecule has 0 unspecified atom stereocenters. The lowest BCUT2D eigenvalue weighted by molar-refractivity contribution is -0.384. The van der Waals surface area contributed by atoms with Crippen molar-refractivity contribution in [2.24, 2.45) is 5.73 Å². The zero-order valence-corrected chi connectivity index (χ0v) is 36.8. The number of anilines is 4. The van der Waals surface area contributed by atoms with Gasteiger partial charge in [0.25, 0.3) is 29.3 Å². The van der Waals surface area contributed by atoms with Gasteiger partial charge in [-0.25, -0.2) is 4.79 Å². The normalized spacial score (nSPS) is 11.7. The Morgan fingerprint density at radius 1 is 0.588 bits per heavy atom. The number of phenols is 2. The quantitative estimate of drug-likeness (QED) is 0.0376. The second-order valence-corrected chi connectivity index (χ2v) is 15.1. The van der Waals surface area contributed by atoms with Crippen molar-refractivity contribution in [3.63, 3.8) is 0 Å². The first-order chi connectivity index (χ1) is 32.2. The van der Waals surface area contributed by atoms with Gasteiger partial charge in [0.05, 0.1) is 34.1 Å². The minimum absolute atomic E-state index is 0.00995. The average molecular weight is 936 g/mol. The Morgan fingerprint density at radius 3 is 1.47 bits per heavy atom. The van der Waals surface area contributed by atoms with Crippen LogP contribution in [-0.4, -0.2) is 93.1 Å². The number of nitro benzene ring substituents is 1. The number of nitrogens with one attached hydrogen (secondary N) is 5. The molecule has 22 heteroatoms. The standard InChI is InChI=1S/C46H45N7O15/c1-22(2)67-37-32(20-18-30(35(37)54)44(60)51-33-21-19-31(46(62)63)36(55)38(33)68-23(3)4)50-42(58)24-6-14-28(15-7-24)49-45(61)34(39(66-5)40(47)56)52-43(59)25-8-12-27(13-9-25)48-41(57)26-10-16-29(17-11-26)53(64)65/h6-23,34,39,54-55H,1-5H3,(H2,47,56)(H,48,57)(H,49,61)(H,50,58)(H,51,60)(H,52,59)(H,62,63)/t34-,39+/m1/s1. The number of carbonyl (C=O) groups excluding carboxylic acids is 6. The number of aromatic hydroxyl groups is 2. The molecule has 2 atom stereocenters. The molecule has 0 heterocycles. The van der Waals surface area contributed by atoms with Crippen molar-refractivity contribution >= 4 is 69.8 Å². The van der Waals surface area contributed by atoms with Gasteiger partial charge in [0.2, 0.25) is 11.8 Å². The molecule has 0 saturated heterocycles. The fourth-order valence-electron chi connectivity index (χ4n) is 6.28. The van der Waals surface area contributed by atoms with Crippen LogP contribution < -0.4 is 41.8 Å². The minimum atomic E-state index is -1.67. The van der Waals surface area contributed by atoms with Crippen LogP contribution >= 0.6 is 0 Å². The summed E-state index contributed by atoms with van der Waals surface area (Å²) in [6, 6.07) is 18.8. The summed E-state index contributed by atoms with van der Waals surface area (Å²) in [7, 11) is 1.10. The van der Waals surface area contributed by atoms with Crippen molar-refractivity contribution in [1.82, 2.24) is 5.32 Å². The molecule has 0 saturated carbocycles. The molecule has 10 N–H and O–H groups in total. The molecule has 22 nitrogen and oxygen atoms in total. The van der Waals surface area contributed by atoms with E-state index in [0.717, 1.165) is 13.2 Å². The third kappa shape index (κ3) is 12.2. The summed E-state index contributed by atoms with van der Waals surface area (Å²) in [6.45, 7) is 6.51. The molecule has 68 heavy (non-hydrogen) atoms. The SMILES string of the molecule is CO[C@H](C(N)=O)[C@@H](NC(=O)c1ccc(NC(=O)c2ccc([N+](=O)[O-])cc2)cc1)C(=O)Nc1ccc(C(=O)Nc2ccc(C(=O)Nc3ccc(C(=O)O)c(O)c3OC(C)C)c(O)c2OC(C)C)cc1. The van der Waals surface area contributed by atoms with Crippen molar-refractivity contribution in [3.05, 3.63) is 135 Å². The van der Waals surface area contributed by atoms with Crippen LogP contribution in [0.1, 0.15) is 79.5 Å². The number of carboxylic acid groups (broad SMARTS) is 1. The third-order valence-electron chi connectivity index (χ3n) is 9.51. The van der Waals surface area contributed by atoms with E-state index in [0.29, 0.717) is 0 Å². The lowest BCUT2D eigenvalue weighted by atomic mass is 10.1. The fraction of sp³-hybridized carbons (Fsp3) is 0.196. The van der Waals surface area contributed by atoms with Gasteiger partial charge >= 0.3 is 5.97 Å². The molecule has 6 amide bonds. The Morgan fingerprint density at radius 2 is 1.01 bits per heavy atom. The van der Waals surface area contributed by atoms with Crippen molar-refractivity contribution < 1.29 is 68.0 Å². The van der Waals surface area contributed by atoms with Crippen LogP contribution in [0.25, 0.3) is 0 Å². The fourth-order valence-corrected chi connectivity index (χ4v) is 6.28. The summed E-state index contributed by atoms with van der Waals surface area (Å²) in [5, 5.41) is 54.9. The van der Waals surface area contributed by atoms with E-state index in [-0.39, 0.29) is 62.2 Å². The number of hydrogen-bond donors (Lipinski definition) is 9. The molecule has 0 spiro atoms. The second kappa shape index (κ2) is 21.8. The molecule has 0 aliphatic rings. The maximum atomic E-state index is 13.6. The number of aromatic carboxylic acids is 1. The predicted molar refractivity (Wildman–Crippen MR) is 244 cm³/mol. The lowest BCUT2D eigenvalue weighted by Crippen LogP contribution is -2.56. The number of phenolic OH excluding ortho intramolecular Hbond substituents is 1. The molecule has 0 aliphatic heterocycles. The Hall–Kier alpha value is -9.05. The number of nitro groups is 1.